The summed E-state index contributed by atoms with van der Waals surface area (Å²) in [5.41, 5.74) is 11.4. The fourth-order valence-corrected chi connectivity index (χ4v) is 4.64. The number of hydrogen-bond donors (Lipinski definition) is 2. The van der Waals surface area contributed by atoms with Crippen molar-refractivity contribution < 1.29 is 0 Å². The molecule has 2 atom stereocenters. The van der Waals surface area contributed by atoms with Crippen LogP contribution in [0.2, 0.25) is 0 Å². The molecular weight excluding hydrogens is 336 g/mol. The van der Waals surface area contributed by atoms with E-state index in [0.29, 0.717) is 17.9 Å². The molecule has 0 radical (unpaired) electrons. The molecule has 1 saturated heterocycles. The Kier molecular flexibility index (Phi) is 5.16. The van der Waals surface area contributed by atoms with Gasteiger partial charge in [-0.1, -0.05) is 6.07 Å². The molecule has 0 unspecified atom stereocenters. The number of fused-ring (bicyclic) bond motifs is 1. The first-order valence-corrected chi connectivity index (χ1v) is 9.98. The molecular formula is C21H30N6. The Morgan fingerprint density at radius 3 is 2.89 bits per heavy atom. The van der Waals surface area contributed by atoms with Gasteiger partial charge in [0.1, 0.15) is 0 Å². The zero-order valence-corrected chi connectivity index (χ0v) is 16.4. The fraction of sp³-hybridized carbons (Fsp3) is 0.524. The Hall–Kier alpha value is -2.34. The van der Waals surface area contributed by atoms with Crippen LogP contribution in [0.1, 0.15) is 42.1 Å². The maximum absolute atomic E-state index is 6.20. The number of hydrogen-bond acceptors (Lipinski definition) is 3. The number of likely N-dealkylation sites (tertiary alicyclic amines) is 1. The van der Waals surface area contributed by atoms with E-state index in [2.05, 4.69) is 51.6 Å². The molecule has 6 nitrogen and oxygen atoms in total. The van der Waals surface area contributed by atoms with Gasteiger partial charge in [0.05, 0.1) is 11.7 Å². The van der Waals surface area contributed by atoms with Crippen molar-refractivity contribution in [1.29, 1.82) is 0 Å². The van der Waals surface area contributed by atoms with Gasteiger partial charge in [0, 0.05) is 25.5 Å². The zero-order valence-electron chi connectivity index (χ0n) is 16.4. The van der Waals surface area contributed by atoms with Crippen molar-refractivity contribution in [3.63, 3.8) is 0 Å². The molecule has 0 amide bonds. The summed E-state index contributed by atoms with van der Waals surface area (Å²) >= 11 is 0. The minimum atomic E-state index is 0.336. The summed E-state index contributed by atoms with van der Waals surface area (Å²) in [6.45, 7) is 1.84. The lowest BCUT2D eigenvalue weighted by molar-refractivity contribution is 0.119. The predicted molar refractivity (Wildman–Crippen MR) is 110 cm³/mol. The molecule has 2 aliphatic rings. The molecule has 0 saturated carbocycles. The molecule has 1 aliphatic carbocycles. The van der Waals surface area contributed by atoms with Gasteiger partial charge in [-0.15, -0.1) is 0 Å². The second-order valence-corrected chi connectivity index (χ2v) is 7.90. The molecule has 0 bridgehead atoms. The highest BCUT2D eigenvalue weighted by Gasteiger charge is 2.32. The summed E-state index contributed by atoms with van der Waals surface area (Å²) < 4.78 is 1.98. The highest BCUT2D eigenvalue weighted by molar-refractivity contribution is 5.92. The third kappa shape index (κ3) is 3.86. The first-order chi connectivity index (χ1) is 13.1. The Bertz CT molecular complexity index is 824. The Labute approximate surface area is 161 Å². The van der Waals surface area contributed by atoms with Crippen LogP contribution in [-0.2, 0) is 19.9 Å². The molecule has 4 rings (SSSR count). The van der Waals surface area contributed by atoms with Crippen molar-refractivity contribution in [2.45, 2.75) is 38.1 Å². The van der Waals surface area contributed by atoms with Crippen LogP contribution in [0.4, 0.5) is 5.69 Å². The predicted octanol–water partition coefficient (Wildman–Crippen LogP) is 2.72. The van der Waals surface area contributed by atoms with Crippen LogP contribution in [0.15, 0.2) is 35.5 Å². The first-order valence-electron chi connectivity index (χ1n) is 9.98. The first kappa shape index (κ1) is 18.0. The molecule has 27 heavy (non-hydrogen) atoms. The number of nitrogens with one attached hydrogen (secondary N) is 1. The van der Waals surface area contributed by atoms with Crippen LogP contribution >= 0.6 is 0 Å². The van der Waals surface area contributed by atoms with E-state index >= 15 is 0 Å². The lowest BCUT2D eigenvalue weighted by Crippen LogP contribution is -2.39. The van der Waals surface area contributed by atoms with E-state index in [1.54, 1.807) is 0 Å². The summed E-state index contributed by atoms with van der Waals surface area (Å²) in [6, 6.07) is 9.00. The fourth-order valence-electron chi connectivity index (χ4n) is 4.64. The van der Waals surface area contributed by atoms with E-state index in [4.69, 9.17) is 5.73 Å². The highest BCUT2D eigenvalue weighted by Crippen LogP contribution is 2.35. The highest BCUT2D eigenvalue weighted by atomic mass is 15.3. The van der Waals surface area contributed by atoms with E-state index in [1.807, 2.05) is 17.9 Å². The van der Waals surface area contributed by atoms with Gasteiger partial charge in [-0.25, -0.2) is 0 Å². The number of anilines is 1. The Morgan fingerprint density at radius 1 is 1.22 bits per heavy atom. The molecule has 1 fully saturated rings. The van der Waals surface area contributed by atoms with Gasteiger partial charge in [-0.05, 0) is 80.9 Å². The molecule has 2 aromatic rings. The number of aromatic nitrogens is 2. The standard InChI is InChI=1S/C21H30N6/c1-26-12-4-7-17(20(26)19-10-11-24-27(19)2)14-23-21(22)25-18-9-8-15-5-3-6-16(15)13-18/h8-11,13,17,20H,3-7,12,14H2,1-2H3,(H3,22,23,25)/t17-,20+/m0/s1. The summed E-state index contributed by atoms with van der Waals surface area (Å²) in [5.74, 6) is 0.949. The average Bonchev–Trinajstić information content (AvgIpc) is 3.28. The second-order valence-electron chi connectivity index (χ2n) is 7.90. The van der Waals surface area contributed by atoms with E-state index in [0.717, 1.165) is 25.2 Å². The van der Waals surface area contributed by atoms with E-state index in [9.17, 15) is 0 Å². The van der Waals surface area contributed by atoms with Crippen molar-refractivity contribution in [1.82, 2.24) is 14.7 Å². The number of benzene rings is 1. The van der Waals surface area contributed by atoms with Gasteiger partial charge in [-0.3, -0.25) is 14.6 Å². The number of aryl methyl sites for hydroxylation is 3. The van der Waals surface area contributed by atoms with E-state index in [1.165, 1.54) is 42.5 Å². The van der Waals surface area contributed by atoms with Gasteiger partial charge in [0.25, 0.3) is 0 Å². The summed E-state index contributed by atoms with van der Waals surface area (Å²) in [6.07, 6.45) is 7.86. The van der Waals surface area contributed by atoms with Crippen molar-refractivity contribution in [2.24, 2.45) is 23.7 Å². The summed E-state index contributed by atoms with van der Waals surface area (Å²) in [7, 11) is 4.21. The van der Waals surface area contributed by atoms with Crippen molar-refractivity contribution >= 4 is 11.6 Å². The van der Waals surface area contributed by atoms with Crippen molar-refractivity contribution in [3.05, 3.63) is 47.3 Å². The van der Waals surface area contributed by atoms with Crippen LogP contribution in [0, 0.1) is 5.92 Å². The quantitative estimate of drug-likeness (QED) is 0.645. The third-order valence-electron chi connectivity index (χ3n) is 6.04. The average molecular weight is 367 g/mol. The lowest BCUT2D eigenvalue weighted by Gasteiger charge is -2.38. The Morgan fingerprint density at radius 2 is 2.07 bits per heavy atom. The molecule has 1 aromatic carbocycles. The maximum Gasteiger partial charge on any atom is 0.193 e. The van der Waals surface area contributed by atoms with Crippen LogP contribution < -0.4 is 11.1 Å². The SMILES string of the molecule is CN1CCC[C@@H](CN=C(N)Nc2ccc3c(c2)CCC3)[C@@H]1c1ccnn1C. The minimum absolute atomic E-state index is 0.336. The molecule has 144 valence electrons. The van der Waals surface area contributed by atoms with Gasteiger partial charge >= 0.3 is 0 Å². The second kappa shape index (κ2) is 7.72. The minimum Gasteiger partial charge on any atom is -0.370 e. The van der Waals surface area contributed by atoms with Crippen LogP contribution in [0.5, 0.6) is 0 Å². The topological polar surface area (TPSA) is 71.5 Å². The number of rotatable bonds is 4. The molecule has 1 aliphatic heterocycles. The summed E-state index contributed by atoms with van der Waals surface area (Å²) in [4.78, 5) is 7.11. The van der Waals surface area contributed by atoms with Gasteiger partial charge < -0.3 is 11.1 Å². The van der Waals surface area contributed by atoms with Crippen LogP contribution in [0.25, 0.3) is 0 Å². The van der Waals surface area contributed by atoms with Crippen LogP contribution in [0.3, 0.4) is 0 Å². The van der Waals surface area contributed by atoms with Gasteiger partial charge in [0.2, 0.25) is 0 Å². The normalized spacial score (nSPS) is 23.4. The number of piperidine rings is 1. The molecule has 3 N–H and O–H groups in total. The molecule has 1 aromatic heterocycles. The van der Waals surface area contributed by atoms with Crippen molar-refractivity contribution in [3.8, 4) is 0 Å². The van der Waals surface area contributed by atoms with E-state index in [-0.39, 0.29) is 0 Å². The molecule has 2 heterocycles. The Balaban J connectivity index is 1.44. The maximum atomic E-state index is 6.20. The largest absolute Gasteiger partial charge is 0.370 e. The number of guanidine groups is 1. The smallest absolute Gasteiger partial charge is 0.193 e. The molecule has 0 spiro atoms. The van der Waals surface area contributed by atoms with Crippen molar-refractivity contribution in [2.75, 3.05) is 25.5 Å². The third-order valence-corrected chi connectivity index (χ3v) is 6.04. The number of aliphatic imine (C=N–C) groups is 1. The summed E-state index contributed by atoms with van der Waals surface area (Å²) in [5, 5.41) is 7.64. The lowest BCUT2D eigenvalue weighted by atomic mass is 9.87. The molecule has 6 heteroatoms. The van der Waals surface area contributed by atoms with E-state index < -0.39 is 0 Å². The van der Waals surface area contributed by atoms with Gasteiger partial charge in [-0.2, -0.15) is 5.10 Å². The van der Waals surface area contributed by atoms with Crippen LogP contribution in [-0.4, -0.2) is 40.8 Å². The zero-order chi connectivity index (χ0) is 18.8. The number of nitrogens with two attached hydrogens (primary N) is 1. The van der Waals surface area contributed by atoms with Gasteiger partial charge in [0.15, 0.2) is 5.96 Å². The monoisotopic (exact) mass is 366 g/mol. The number of nitrogens with zero attached hydrogens (tertiary/aromatic N) is 4.